The highest BCUT2D eigenvalue weighted by Gasteiger charge is 2.59. The summed E-state index contributed by atoms with van der Waals surface area (Å²) in [6.07, 6.45) is 5.30. The van der Waals surface area contributed by atoms with E-state index in [4.69, 9.17) is 4.74 Å². The molecular weight excluding hydrogens is 302 g/mol. The minimum atomic E-state index is 0.325. The van der Waals surface area contributed by atoms with E-state index in [1.54, 1.807) is 0 Å². The van der Waals surface area contributed by atoms with E-state index in [0.717, 1.165) is 36.1 Å². The number of hydrogen-bond acceptors (Lipinski definition) is 5. The minimum absolute atomic E-state index is 0.325. The third kappa shape index (κ3) is 2.40. The lowest BCUT2D eigenvalue weighted by Crippen LogP contribution is -2.64. The minimum Gasteiger partial charge on any atom is -0.378 e. The molecule has 1 spiro atoms. The van der Waals surface area contributed by atoms with Crippen molar-refractivity contribution in [2.75, 3.05) is 11.9 Å². The van der Waals surface area contributed by atoms with Crippen molar-refractivity contribution < 1.29 is 4.74 Å². The Bertz CT molecular complexity index is 720. The van der Waals surface area contributed by atoms with Gasteiger partial charge in [0.25, 0.3) is 0 Å². The summed E-state index contributed by atoms with van der Waals surface area (Å²) < 4.78 is 7.74. The van der Waals surface area contributed by atoms with Crippen molar-refractivity contribution >= 4 is 5.82 Å². The molecule has 2 atom stereocenters. The van der Waals surface area contributed by atoms with Gasteiger partial charge in [-0.25, -0.2) is 4.68 Å². The fourth-order valence-corrected chi connectivity index (χ4v) is 4.20. The molecule has 2 aromatic rings. The number of aryl methyl sites for hydroxylation is 2. The lowest BCUT2D eigenvalue weighted by Gasteiger charge is -2.61. The van der Waals surface area contributed by atoms with Crippen molar-refractivity contribution in [3.63, 3.8) is 0 Å². The number of nitrogens with one attached hydrogen (secondary N) is 1. The molecule has 24 heavy (non-hydrogen) atoms. The topological polar surface area (TPSA) is 64.9 Å². The third-order valence-corrected chi connectivity index (χ3v) is 5.64. The van der Waals surface area contributed by atoms with Crippen LogP contribution in [0.25, 0.3) is 5.82 Å². The van der Waals surface area contributed by atoms with Gasteiger partial charge < -0.3 is 10.1 Å². The Hall–Kier alpha value is -1.95. The fourth-order valence-electron chi connectivity index (χ4n) is 4.20. The van der Waals surface area contributed by atoms with Gasteiger partial charge in [0.05, 0.1) is 11.8 Å². The second-order valence-electron chi connectivity index (χ2n) is 7.08. The Balaban J connectivity index is 1.46. The number of hydrogen-bond donors (Lipinski definition) is 1. The molecule has 2 aliphatic carbocycles. The normalized spacial score (nSPS) is 24.5. The molecule has 2 heterocycles. The molecule has 0 amide bonds. The van der Waals surface area contributed by atoms with Gasteiger partial charge in [0.1, 0.15) is 5.82 Å². The van der Waals surface area contributed by atoms with Gasteiger partial charge in [-0.05, 0) is 58.2 Å². The van der Waals surface area contributed by atoms with Crippen molar-refractivity contribution in [3.8, 4) is 5.82 Å². The van der Waals surface area contributed by atoms with Gasteiger partial charge >= 0.3 is 0 Å². The van der Waals surface area contributed by atoms with Crippen LogP contribution < -0.4 is 5.32 Å². The zero-order chi connectivity index (χ0) is 16.7. The molecule has 128 valence electrons. The quantitative estimate of drug-likeness (QED) is 0.914. The maximum atomic E-state index is 5.91. The van der Waals surface area contributed by atoms with Crippen LogP contribution in [0.5, 0.6) is 0 Å². The van der Waals surface area contributed by atoms with E-state index in [1.807, 2.05) is 36.7 Å². The lowest BCUT2D eigenvalue weighted by molar-refractivity contribution is -0.157. The number of nitrogens with zero attached hydrogens (tertiary/aromatic N) is 4. The van der Waals surface area contributed by atoms with Crippen LogP contribution in [0.1, 0.15) is 44.0 Å². The SMILES string of the molecule is CCOC1CC(Nc2ccc(-n3nc(C)cc3C)nn2)C12CCC2. The van der Waals surface area contributed by atoms with Crippen molar-refractivity contribution in [2.45, 2.75) is 58.6 Å². The average Bonchev–Trinajstić information content (AvgIpc) is 2.84. The highest BCUT2D eigenvalue weighted by Crippen LogP contribution is 2.58. The maximum absolute atomic E-state index is 5.91. The molecule has 2 aliphatic rings. The van der Waals surface area contributed by atoms with Gasteiger partial charge in [0, 0.05) is 23.8 Å². The predicted octanol–water partition coefficient (Wildman–Crippen LogP) is 3.04. The maximum Gasteiger partial charge on any atom is 0.176 e. The summed E-state index contributed by atoms with van der Waals surface area (Å²) in [7, 11) is 0. The second-order valence-corrected chi connectivity index (χ2v) is 7.08. The van der Waals surface area contributed by atoms with Crippen LogP contribution in [0.4, 0.5) is 5.82 Å². The first-order chi connectivity index (χ1) is 11.6. The molecule has 2 aromatic heterocycles. The van der Waals surface area contributed by atoms with Gasteiger partial charge in [-0.2, -0.15) is 5.10 Å². The Morgan fingerprint density at radius 2 is 2.12 bits per heavy atom. The summed E-state index contributed by atoms with van der Waals surface area (Å²) in [4.78, 5) is 0. The fraction of sp³-hybridized carbons (Fsp3) is 0.611. The molecule has 0 bridgehead atoms. The van der Waals surface area contributed by atoms with E-state index in [2.05, 4.69) is 27.5 Å². The first kappa shape index (κ1) is 15.6. The molecule has 2 unspecified atom stereocenters. The average molecular weight is 327 g/mol. The summed E-state index contributed by atoms with van der Waals surface area (Å²) >= 11 is 0. The van der Waals surface area contributed by atoms with Crippen molar-refractivity contribution in [2.24, 2.45) is 5.41 Å². The third-order valence-electron chi connectivity index (χ3n) is 5.64. The smallest absolute Gasteiger partial charge is 0.176 e. The lowest BCUT2D eigenvalue weighted by atomic mass is 9.51. The van der Waals surface area contributed by atoms with Crippen LogP contribution in [0.15, 0.2) is 18.2 Å². The van der Waals surface area contributed by atoms with E-state index in [9.17, 15) is 0 Å². The van der Waals surface area contributed by atoms with Gasteiger partial charge in [0.2, 0.25) is 0 Å². The van der Waals surface area contributed by atoms with Crippen LogP contribution in [0, 0.1) is 19.3 Å². The summed E-state index contributed by atoms with van der Waals surface area (Å²) in [5.74, 6) is 1.59. The molecule has 4 rings (SSSR count). The molecule has 0 aromatic carbocycles. The second kappa shape index (κ2) is 5.84. The predicted molar refractivity (Wildman–Crippen MR) is 92.4 cm³/mol. The molecule has 6 heteroatoms. The number of rotatable bonds is 5. The molecule has 0 aliphatic heterocycles. The van der Waals surface area contributed by atoms with E-state index in [0.29, 0.717) is 17.6 Å². The highest BCUT2D eigenvalue weighted by atomic mass is 16.5. The Morgan fingerprint density at radius 3 is 2.67 bits per heavy atom. The van der Waals surface area contributed by atoms with E-state index < -0.39 is 0 Å². The van der Waals surface area contributed by atoms with Gasteiger partial charge in [-0.1, -0.05) is 6.42 Å². The summed E-state index contributed by atoms with van der Waals surface area (Å²) in [5.41, 5.74) is 2.38. The first-order valence-electron chi connectivity index (χ1n) is 8.88. The zero-order valence-corrected chi connectivity index (χ0v) is 14.6. The van der Waals surface area contributed by atoms with Crippen molar-refractivity contribution in [1.29, 1.82) is 0 Å². The molecule has 2 fully saturated rings. The molecule has 1 N–H and O–H groups in total. The van der Waals surface area contributed by atoms with Crippen LogP contribution in [-0.2, 0) is 4.74 Å². The summed E-state index contributed by atoms with van der Waals surface area (Å²) in [6.45, 7) is 6.89. The largest absolute Gasteiger partial charge is 0.378 e. The summed E-state index contributed by atoms with van der Waals surface area (Å²) in [5, 5.41) is 16.7. The standard InChI is InChI=1S/C18H25N5O/c1-4-24-15-11-14(18(15)8-5-9-18)19-16-6-7-17(21-20-16)23-13(3)10-12(2)22-23/h6-7,10,14-15H,4-5,8-9,11H2,1-3H3,(H,19,20). The van der Waals surface area contributed by atoms with E-state index in [1.165, 1.54) is 19.3 Å². The number of anilines is 1. The molecule has 2 saturated carbocycles. The van der Waals surface area contributed by atoms with Crippen LogP contribution in [-0.4, -0.2) is 38.7 Å². The van der Waals surface area contributed by atoms with Crippen molar-refractivity contribution in [1.82, 2.24) is 20.0 Å². The van der Waals surface area contributed by atoms with Gasteiger partial charge in [-0.15, -0.1) is 10.2 Å². The molecule has 0 radical (unpaired) electrons. The molecule has 6 nitrogen and oxygen atoms in total. The highest BCUT2D eigenvalue weighted by molar-refractivity contribution is 5.40. The Labute approximate surface area is 142 Å². The van der Waals surface area contributed by atoms with E-state index in [-0.39, 0.29) is 0 Å². The van der Waals surface area contributed by atoms with Crippen LogP contribution in [0.3, 0.4) is 0 Å². The number of ether oxygens (including phenoxy) is 1. The van der Waals surface area contributed by atoms with E-state index >= 15 is 0 Å². The Morgan fingerprint density at radius 1 is 1.29 bits per heavy atom. The van der Waals surface area contributed by atoms with Crippen LogP contribution in [0.2, 0.25) is 0 Å². The molecule has 0 saturated heterocycles. The first-order valence-corrected chi connectivity index (χ1v) is 8.88. The van der Waals surface area contributed by atoms with Crippen LogP contribution >= 0.6 is 0 Å². The van der Waals surface area contributed by atoms with Gasteiger partial charge in [-0.3, -0.25) is 0 Å². The van der Waals surface area contributed by atoms with Gasteiger partial charge in [0.15, 0.2) is 5.82 Å². The number of aromatic nitrogens is 4. The molecular formula is C18H25N5O. The summed E-state index contributed by atoms with van der Waals surface area (Å²) in [6, 6.07) is 6.47. The Kier molecular flexibility index (Phi) is 3.79. The van der Waals surface area contributed by atoms with Crippen molar-refractivity contribution in [3.05, 3.63) is 29.6 Å². The monoisotopic (exact) mass is 327 g/mol. The zero-order valence-electron chi connectivity index (χ0n) is 14.6.